The van der Waals surface area contributed by atoms with E-state index in [4.69, 9.17) is 4.74 Å². The van der Waals surface area contributed by atoms with Crippen LogP contribution in [-0.2, 0) is 10.3 Å². The summed E-state index contributed by atoms with van der Waals surface area (Å²) in [4.78, 5) is 15.0. The Morgan fingerprint density at radius 3 is 2.23 bits per heavy atom. The second-order valence-electron chi connectivity index (χ2n) is 9.84. The molecule has 5 nitrogen and oxygen atoms in total. The molecule has 176 valence electrons. The van der Waals surface area contributed by atoms with Crippen LogP contribution in [0.25, 0.3) is 11.1 Å². The van der Waals surface area contributed by atoms with Crippen LogP contribution in [0.15, 0.2) is 66.7 Å². The molecule has 1 aliphatic carbocycles. The second kappa shape index (κ2) is 8.21. The van der Waals surface area contributed by atoms with Gasteiger partial charge in [-0.05, 0) is 53.3 Å². The summed E-state index contributed by atoms with van der Waals surface area (Å²) < 4.78 is 20.5. The first-order valence-corrected chi connectivity index (χ1v) is 12.0. The molecule has 3 aromatic carbocycles. The van der Waals surface area contributed by atoms with Gasteiger partial charge in [-0.3, -0.25) is 0 Å². The van der Waals surface area contributed by atoms with E-state index in [9.17, 15) is 19.6 Å². The van der Waals surface area contributed by atoms with Gasteiger partial charge in [-0.1, -0.05) is 48.5 Å². The molecule has 0 radical (unpaired) electrons. The Labute approximate surface area is 203 Å². The van der Waals surface area contributed by atoms with Gasteiger partial charge >= 0.3 is 6.09 Å². The summed E-state index contributed by atoms with van der Waals surface area (Å²) in [6, 6.07) is 22.0. The van der Waals surface area contributed by atoms with Crippen LogP contribution in [-0.4, -0.2) is 34.8 Å². The van der Waals surface area contributed by atoms with Crippen molar-refractivity contribution < 1.29 is 19.0 Å². The molecule has 1 amide bonds. The average Bonchev–Trinajstić information content (AvgIpc) is 3.35. The van der Waals surface area contributed by atoms with E-state index in [2.05, 4.69) is 24.3 Å². The molecule has 1 N–H and O–H groups in total. The summed E-state index contributed by atoms with van der Waals surface area (Å²) in [6.07, 6.45) is 1.53. The van der Waals surface area contributed by atoms with Gasteiger partial charge in [0.2, 0.25) is 0 Å². The van der Waals surface area contributed by atoms with Crippen molar-refractivity contribution in [2.45, 2.75) is 49.3 Å². The number of amides is 1. The summed E-state index contributed by atoms with van der Waals surface area (Å²) in [5.74, 6) is -0.547. The number of benzene rings is 3. The van der Waals surface area contributed by atoms with Crippen molar-refractivity contribution in [3.63, 3.8) is 0 Å². The maximum atomic E-state index is 14.6. The van der Waals surface area contributed by atoms with E-state index in [0.29, 0.717) is 5.56 Å². The largest absolute Gasteiger partial charge is 0.448 e. The first kappa shape index (κ1) is 21.8. The number of rotatable bonds is 3. The van der Waals surface area contributed by atoms with Gasteiger partial charge in [0.25, 0.3) is 0 Å². The van der Waals surface area contributed by atoms with Crippen molar-refractivity contribution in [3.05, 3.63) is 94.8 Å². The number of piperidine rings is 1. The maximum Gasteiger partial charge on any atom is 0.410 e. The van der Waals surface area contributed by atoms with Crippen LogP contribution in [0, 0.1) is 17.1 Å². The highest BCUT2D eigenvalue weighted by Crippen LogP contribution is 2.48. The minimum absolute atomic E-state index is 0.0199. The molecule has 3 aliphatic rings. The number of nitriles is 1. The number of nitrogens with zero attached hydrogens (tertiary/aromatic N) is 2. The smallest absolute Gasteiger partial charge is 0.410 e. The number of hydrogen-bond acceptors (Lipinski definition) is 4. The molecular formula is C29H25FN2O3. The molecule has 2 fully saturated rings. The first-order chi connectivity index (χ1) is 17.0. The molecule has 2 atom stereocenters. The Morgan fingerprint density at radius 2 is 1.63 bits per heavy atom. The van der Waals surface area contributed by atoms with Crippen LogP contribution < -0.4 is 0 Å². The summed E-state index contributed by atoms with van der Waals surface area (Å²) in [7, 11) is 0. The maximum absolute atomic E-state index is 14.6. The van der Waals surface area contributed by atoms with Crippen LogP contribution in [0.3, 0.4) is 0 Å². The van der Waals surface area contributed by atoms with Gasteiger partial charge in [-0.15, -0.1) is 0 Å². The zero-order chi connectivity index (χ0) is 24.2. The highest BCUT2D eigenvalue weighted by Gasteiger charge is 2.51. The molecule has 0 aromatic heterocycles. The Kier molecular flexibility index (Phi) is 5.12. The molecule has 6 heteroatoms. The Bertz CT molecular complexity index is 1300. The molecule has 6 rings (SSSR count). The van der Waals surface area contributed by atoms with Crippen molar-refractivity contribution in [3.8, 4) is 17.2 Å². The van der Waals surface area contributed by atoms with Crippen molar-refractivity contribution in [1.82, 2.24) is 4.90 Å². The summed E-state index contributed by atoms with van der Waals surface area (Å²) in [5.41, 5.74) is 3.70. The van der Waals surface area contributed by atoms with E-state index >= 15 is 0 Å². The van der Waals surface area contributed by atoms with Gasteiger partial charge in [0.15, 0.2) is 0 Å². The molecule has 3 aromatic rings. The molecule has 2 saturated heterocycles. The van der Waals surface area contributed by atoms with E-state index in [0.717, 1.165) is 24.0 Å². The molecule has 2 unspecified atom stereocenters. The van der Waals surface area contributed by atoms with Gasteiger partial charge in [0.05, 0.1) is 17.2 Å². The fraction of sp³-hybridized carbons (Fsp3) is 0.310. The first-order valence-electron chi connectivity index (χ1n) is 12.0. The predicted molar refractivity (Wildman–Crippen MR) is 128 cm³/mol. The minimum Gasteiger partial charge on any atom is -0.448 e. The molecule has 2 bridgehead atoms. The third kappa shape index (κ3) is 3.50. The normalized spacial score (nSPS) is 24.5. The van der Waals surface area contributed by atoms with Crippen molar-refractivity contribution in [2.24, 2.45) is 0 Å². The number of halogens is 1. The van der Waals surface area contributed by atoms with Gasteiger partial charge in [0.1, 0.15) is 12.4 Å². The van der Waals surface area contributed by atoms with Gasteiger partial charge in [0, 0.05) is 36.4 Å². The average molecular weight is 469 g/mol. The fourth-order valence-corrected chi connectivity index (χ4v) is 6.36. The van der Waals surface area contributed by atoms with Crippen molar-refractivity contribution in [2.75, 3.05) is 6.61 Å². The molecule has 35 heavy (non-hydrogen) atoms. The van der Waals surface area contributed by atoms with E-state index in [1.807, 2.05) is 30.3 Å². The molecule has 2 aliphatic heterocycles. The highest BCUT2D eigenvalue weighted by atomic mass is 19.1. The standard InChI is InChI=1S/C29H25FN2O3/c30-27-12-9-18(16-31)13-26(27)29(34)14-19-10-11-20(15-29)32(19)28(33)35-17-25-23-7-3-1-5-21(23)22-6-2-4-8-24(22)25/h1-9,12-13,19-20,25,34H,10-11,14-15,17H2. The third-order valence-corrected chi connectivity index (χ3v) is 7.91. The molecule has 0 spiro atoms. The predicted octanol–water partition coefficient (Wildman–Crippen LogP) is 5.46. The lowest BCUT2D eigenvalue weighted by Crippen LogP contribution is -2.52. The lowest BCUT2D eigenvalue weighted by atomic mass is 9.80. The highest BCUT2D eigenvalue weighted by molar-refractivity contribution is 5.79. The zero-order valence-electron chi connectivity index (χ0n) is 19.2. The van der Waals surface area contributed by atoms with E-state index in [1.165, 1.54) is 29.3 Å². The van der Waals surface area contributed by atoms with Crippen LogP contribution in [0.1, 0.15) is 53.9 Å². The lowest BCUT2D eigenvalue weighted by molar-refractivity contribution is -0.0551. The Hall–Kier alpha value is -3.69. The van der Waals surface area contributed by atoms with Gasteiger partial charge in [-0.2, -0.15) is 5.26 Å². The summed E-state index contributed by atoms with van der Waals surface area (Å²) in [6.45, 7) is 0.242. The number of hydrogen-bond donors (Lipinski definition) is 1. The van der Waals surface area contributed by atoms with Crippen molar-refractivity contribution >= 4 is 6.09 Å². The lowest BCUT2D eigenvalue weighted by Gasteiger charge is -2.43. The summed E-state index contributed by atoms with van der Waals surface area (Å²) in [5, 5.41) is 20.6. The van der Waals surface area contributed by atoms with Gasteiger partial charge < -0.3 is 14.7 Å². The number of ether oxygens (including phenoxy) is 1. The number of carbonyl (C=O) groups is 1. The van der Waals surface area contributed by atoms with Crippen LogP contribution in [0.4, 0.5) is 9.18 Å². The molecule has 0 saturated carbocycles. The second-order valence-corrected chi connectivity index (χ2v) is 9.84. The minimum atomic E-state index is -1.41. The molecule has 2 heterocycles. The topological polar surface area (TPSA) is 73.6 Å². The van der Waals surface area contributed by atoms with Crippen molar-refractivity contribution in [1.29, 1.82) is 5.26 Å². The van der Waals surface area contributed by atoms with Crippen LogP contribution in [0.2, 0.25) is 0 Å². The van der Waals surface area contributed by atoms with E-state index < -0.39 is 11.4 Å². The quantitative estimate of drug-likeness (QED) is 0.554. The molecular weight excluding hydrogens is 443 g/mol. The number of fused-ring (bicyclic) bond motifs is 5. The van der Waals surface area contributed by atoms with E-state index in [-0.39, 0.29) is 49.1 Å². The fourth-order valence-electron chi connectivity index (χ4n) is 6.36. The Morgan fingerprint density at radius 1 is 1.03 bits per heavy atom. The Balaban J connectivity index is 1.20. The monoisotopic (exact) mass is 468 g/mol. The van der Waals surface area contributed by atoms with Crippen LogP contribution in [0.5, 0.6) is 0 Å². The summed E-state index contributed by atoms with van der Waals surface area (Å²) >= 11 is 0. The number of aliphatic hydroxyl groups is 1. The van der Waals surface area contributed by atoms with Gasteiger partial charge in [-0.25, -0.2) is 9.18 Å². The number of carbonyl (C=O) groups excluding carboxylic acids is 1. The van der Waals surface area contributed by atoms with E-state index in [1.54, 1.807) is 4.90 Å². The zero-order valence-corrected chi connectivity index (χ0v) is 19.2. The SMILES string of the molecule is N#Cc1ccc(F)c(C2(O)CC3CCC(C2)N3C(=O)OCC2c3ccccc3-c3ccccc32)c1. The third-order valence-electron chi connectivity index (χ3n) is 7.91. The van der Waals surface area contributed by atoms with Crippen LogP contribution >= 0.6 is 0 Å².